The number of pyridine rings is 1. The van der Waals surface area contributed by atoms with Gasteiger partial charge in [-0.25, -0.2) is 4.98 Å². The van der Waals surface area contributed by atoms with Crippen LogP contribution in [0.1, 0.15) is 48.8 Å². The Labute approximate surface area is 184 Å². The van der Waals surface area contributed by atoms with Crippen LogP contribution in [0.3, 0.4) is 0 Å². The molecule has 5 nitrogen and oxygen atoms in total. The van der Waals surface area contributed by atoms with Crippen LogP contribution >= 0.6 is 0 Å². The van der Waals surface area contributed by atoms with Crippen molar-refractivity contribution in [2.24, 2.45) is 0 Å². The number of hydrogen-bond acceptors (Lipinski definition) is 4. The fourth-order valence-electron chi connectivity index (χ4n) is 4.69. The fourth-order valence-corrected chi connectivity index (χ4v) is 4.69. The molecule has 1 aromatic carbocycles. The molecule has 0 bridgehead atoms. The molecular weight excluding hydrogens is 384 g/mol. The number of nitrogens with one attached hydrogen (secondary N) is 1. The fraction of sp³-hybridized carbons (Fsp3) is 0.385. The molecule has 3 aromatic rings. The molecule has 1 aliphatic heterocycles. The Morgan fingerprint density at radius 1 is 1.23 bits per heavy atom. The van der Waals surface area contributed by atoms with Crippen LogP contribution in [0.25, 0.3) is 16.7 Å². The highest BCUT2D eigenvalue weighted by Gasteiger charge is 2.25. The maximum Gasteiger partial charge on any atom is 0.140 e. The summed E-state index contributed by atoms with van der Waals surface area (Å²) in [5, 5.41) is 4.36. The molecule has 2 aromatic heterocycles. The summed E-state index contributed by atoms with van der Waals surface area (Å²) < 4.78 is 2.24. The van der Waals surface area contributed by atoms with E-state index < -0.39 is 0 Å². The van der Waals surface area contributed by atoms with Gasteiger partial charge in [0, 0.05) is 49.5 Å². The number of likely N-dealkylation sites (tertiary alicyclic amines) is 1. The first kappa shape index (κ1) is 21.3. The van der Waals surface area contributed by atoms with Crippen LogP contribution in [0.4, 0.5) is 0 Å². The lowest BCUT2D eigenvalue weighted by molar-refractivity contribution is -0.108. The van der Waals surface area contributed by atoms with E-state index in [1.807, 2.05) is 13.2 Å². The van der Waals surface area contributed by atoms with Crippen LogP contribution in [0, 0.1) is 0 Å². The molecule has 1 N–H and O–H groups in total. The van der Waals surface area contributed by atoms with Crippen molar-refractivity contribution in [1.82, 2.24) is 19.8 Å². The SMILES string of the molecule is C=C(NC)c1ccc(Cn2ccc3c(C4CCN(C(C)CC=O)CC4)ccnc32)cc1. The van der Waals surface area contributed by atoms with Crippen LogP contribution in [0.2, 0.25) is 0 Å². The zero-order valence-corrected chi connectivity index (χ0v) is 18.6. The molecule has 3 heterocycles. The Morgan fingerprint density at radius 3 is 2.65 bits per heavy atom. The summed E-state index contributed by atoms with van der Waals surface area (Å²) in [6.45, 7) is 9.08. The van der Waals surface area contributed by atoms with E-state index in [0.717, 1.165) is 55.7 Å². The third kappa shape index (κ3) is 4.57. The number of aldehydes is 1. The van der Waals surface area contributed by atoms with Crippen LogP contribution in [-0.4, -0.2) is 46.9 Å². The van der Waals surface area contributed by atoms with Crippen LogP contribution < -0.4 is 5.32 Å². The molecule has 0 aliphatic carbocycles. The summed E-state index contributed by atoms with van der Waals surface area (Å²) in [6.07, 6.45) is 8.03. The molecule has 0 spiro atoms. The van der Waals surface area contributed by atoms with E-state index in [1.54, 1.807) is 0 Å². The summed E-state index contributed by atoms with van der Waals surface area (Å²) in [5.41, 5.74) is 5.74. The number of fused-ring (bicyclic) bond motifs is 1. The van der Waals surface area contributed by atoms with Gasteiger partial charge in [-0.2, -0.15) is 0 Å². The molecule has 5 heteroatoms. The lowest BCUT2D eigenvalue weighted by atomic mass is 9.88. The predicted molar refractivity (Wildman–Crippen MR) is 127 cm³/mol. The average Bonchev–Trinajstić information content (AvgIpc) is 3.22. The molecule has 0 amide bonds. The van der Waals surface area contributed by atoms with E-state index in [1.165, 1.54) is 16.5 Å². The van der Waals surface area contributed by atoms with Crippen molar-refractivity contribution >= 4 is 23.0 Å². The highest BCUT2D eigenvalue weighted by molar-refractivity contribution is 5.80. The monoisotopic (exact) mass is 416 g/mol. The van der Waals surface area contributed by atoms with E-state index >= 15 is 0 Å². The van der Waals surface area contributed by atoms with Crippen LogP contribution in [-0.2, 0) is 11.3 Å². The third-order valence-corrected chi connectivity index (χ3v) is 6.68. The zero-order valence-electron chi connectivity index (χ0n) is 18.6. The number of aromatic nitrogens is 2. The van der Waals surface area contributed by atoms with Crippen molar-refractivity contribution in [1.29, 1.82) is 0 Å². The minimum absolute atomic E-state index is 0.341. The Kier molecular flexibility index (Phi) is 6.52. The Morgan fingerprint density at radius 2 is 1.97 bits per heavy atom. The normalized spacial score (nSPS) is 16.3. The van der Waals surface area contributed by atoms with Crippen molar-refractivity contribution in [3.63, 3.8) is 0 Å². The van der Waals surface area contributed by atoms with Crippen molar-refractivity contribution in [3.05, 3.63) is 72.1 Å². The van der Waals surface area contributed by atoms with Gasteiger partial charge in [0.25, 0.3) is 0 Å². The van der Waals surface area contributed by atoms with E-state index in [0.29, 0.717) is 18.4 Å². The first-order chi connectivity index (χ1) is 15.1. The van der Waals surface area contributed by atoms with E-state index in [2.05, 4.69) is 70.9 Å². The lowest BCUT2D eigenvalue weighted by Gasteiger charge is -2.35. The molecule has 1 unspecified atom stereocenters. The molecule has 1 aliphatic rings. The minimum Gasteiger partial charge on any atom is -0.388 e. The van der Waals surface area contributed by atoms with E-state index in [9.17, 15) is 4.79 Å². The number of benzene rings is 1. The first-order valence-electron chi connectivity index (χ1n) is 11.2. The van der Waals surface area contributed by atoms with Crippen LogP contribution in [0.5, 0.6) is 0 Å². The van der Waals surface area contributed by atoms with Gasteiger partial charge in [-0.05, 0) is 67.6 Å². The number of carbonyl (C=O) groups is 1. The first-order valence-corrected chi connectivity index (χ1v) is 11.2. The van der Waals surface area contributed by atoms with Crippen molar-refractivity contribution in [3.8, 4) is 0 Å². The standard InChI is InChI=1S/C26H32N4O/c1-19(12-17-31)29-14-9-23(10-15-29)24-8-13-28-26-25(24)11-16-30(26)18-21-4-6-22(7-5-21)20(2)27-3/h4-8,11,13,16-17,19,23,27H,2,9-10,12,14-15,18H2,1,3H3. The number of carbonyl (C=O) groups excluding carboxylic acids is 1. The van der Waals surface area contributed by atoms with Gasteiger partial charge in [0.1, 0.15) is 11.9 Å². The molecule has 0 saturated carbocycles. The Bertz CT molecular complexity index is 1040. The summed E-state index contributed by atoms with van der Waals surface area (Å²) in [4.78, 5) is 18.0. The van der Waals surface area contributed by atoms with Crippen LogP contribution in [0.15, 0.2) is 55.4 Å². The van der Waals surface area contributed by atoms with Crippen molar-refractivity contribution < 1.29 is 4.79 Å². The third-order valence-electron chi connectivity index (χ3n) is 6.68. The smallest absolute Gasteiger partial charge is 0.140 e. The number of nitrogens with zero attached hydrogens (tertiary/aromatic N) is 3. The quantitative estimate of drug-likeness (QED) is 0.552. The number of rotatable bonds is 8. The van der Waals surface area contributed by atoms with Gasteiger partial charge in [0.2, 0.25) is 0 Å². The van der Waals surface area contributed by atoms with Gasteiger partial charge in [-0.15, -0.1) is 0 Å². The largest absolute Gasteiger partial charge is 0.388 e. The maximum absolute atomic E-state index is 10.8. The van der Waals surface area contributed by atoms with E-state index in [-0.39, 0.29) is 0 Å². The summed E-state index contributed by atoms with van der Waals surface area (Å²) in [7, 11) is 1.89. The van der Waals surface area contributed by atoms with Crippen molar-refractivity contribution in [2.45, 2.75) is 44.7 Å². The molecule has 31 heavy (non-hydrogen) atoms. The van der Waals surface area contributed by atoms with Gasteiger partial charge >= 0.3 is 0 Å². The highest BCUT2D eigenvalue weighted by Crippen LogP contribution is 2.33. The zero-order chi connectivity index (χ0) is 21.8. The molecule has 4 rings (SSSR count). The topological polar surface area (TPSA) is 50.2 Å². The second-order valence-corrected chi connectivity index (χ2v) is 8.57. The summed E-state index contributed by atoms with van der Waals surface area (Å²) in [6, 6.07) is 13.3. The van der Waals surface area contributed by atoms with Gasteiger partial charge in [-0.1, -0.05) is 30.8 Å². The van der Waals surface area contributed by atoms with Crippen molar-refractivity contribution in [2.75, 3.05) is 20.1 Å². The van der Waals surface area contributed by atoms with E-state index in [4.69, 9.17) is 4.98 Å². The van der Waals surface area contributed by atoms with Gasteiger partial charge in [0.15, 0.2) is 0 Å². The second kappa shape index (κ2) is 9.48. The maximum atomic E-state index is 10.8. The second-order valence-electron chi connectivity index (χ2n) is 8.57. The Balaban J connectivity index is 1.50. The Hall–Kier alpha value is -2.92. The molecule has 0 radical (unpaired) electrons. The minimum atomic E-state index is 0.341. The summed E-state index contributed by atoms with van der Waals surface area (Å²) >= 11 is 0. The molecule has 1 saturated heterocycles. The molecular formula is C26H32N4O. The van der Waals surface area contributed by atoms with Gasteiger partial charge in [-0.3, -0.25) is 0 Å². The lowest BCUT2D eigenvalue weighted by Crippen LogP contribution is -2.39. The predicted octanol–water partition coefficient (Wildman–Crippen LogP) is 4.43. The van der Waals surface area contributed by atoms with Gasteiger partial charge in [0.05, 0.1) is 0 Å². The molecule has 162 valence electrons. The molecule has 1 atom stereocenters. The average molecular weight is 417 g/mol. The number of hydrogen-bond donors (Lipinski definition) is 1. The highest BCUT2D eigenvalue weighted by atomic mass is 16.1. The van der Waals surface area contributed by atoms with Gasteiger partial charge < -0.3 is 19.6 Å². The number of piperidine rings is 1. The molecule has 1 fully saturated rings. The summed E-state index contributed by atoms with van der Waals surface area (Å²) in [5.74, 6) is 0.549.